The number of rotatable bonds is 5. The fourth-order valence-corrected chi connectivity index (χ4v) is 3.33. The number of benzene rings is 2. The summed E-state index contributed by atoms with van der Waals surface area (Å²) in [4.78, 5) is 12.5. The lowest BCUT2D eigenvalue weighted by atomic mass is 9.89. The Hall–Kier alpha value is -3.06. The minimum Gasteiger partial charge on any atom is -0.360 e. The van der Waals surface area contributed by atoms with E-state index >= 15 is 0 Å². The molecule has 1 aliphatic rings. The van der Waals surface area contributed by atoms with Crippen LogP contribution in [0.4, 0.5) is 5.69 Å². The molecule has 2 aromatic carbocycles. The van der Waals surface area contributed by atoms with Crippen LogP contribution in [0.5, 0.6) is 0 Å². The SMILES string of the molecule is Cc1ccc(N/C=C(/C#N)C(=O)NC(C)c2ccc3c(c2)CCCC3)cc1. The van der Waals surface area contributed by atoms with Gasteiger partial charge in [-0.1, -0.05) is 35.9 Å². The van der Waals surface area contributed by atoms with Crippen molar-refractivity contribution in [2.75, 3.05) is 5.32 Å². The lowest BCUT2D eigenvalue weighted by Crippen LogP contribution is -2.28. The molecular weight excluding hydrogens is 334 g/mol. The predicted octanol–water partition coefficient (Wildman–Crippen LogP) is 4.57. The molecule has 2 aromatic rings. The number of hydrogen-bond acceptors (Lipinski definition) is 3. The molecule has 27 heavy (non-hydrogen) atoms. The van der Waals surface area contributed by atoms with Crippen LogP contribution in [0.2, 0.25) is 0 Å². The summed E-state index contributed by atoms with van der Waals surface area (Å²) in [5.41, 5.74) is 5.93. The fourth-order valence-electron chi connectivity index (χ4n) is 3.33. The van der Waals surface area contributed by atoms with Crippen molar-refractivity contribution < 1.29 is 4.79 Å². The molecule has 1 unspecified atom stereocenters. The summed E-state index contributed by atoms with van der Waals surface area (Å²) >= 11 is 0. The van der Waals surface area contributed by atoms with Crippen LogP contribution in [-0.2, 0) is 17.6 Å². The van der Waals surface area contributed by atoms with Crippen molar-refractivity contribution >= 4 is 11.6 Å². The molecule has 4 heteroatoms. The fraction of sp³-hybridized carbons (Fsp3) is 0.304. The van der Waals surface area contributed by atoms with Crippen LogP contribution >= 0.6 is 0 Å². The van der Waals surface area contributed by atoms with E-state index in [9.17, 15) is 10.1 Å². The van der Waals surface area contributed by atoms with E-state index in [1.54, 1.807) is 0 Å². The number of nitrogens with zero attached hydrogens (tertiary/aromatic N) is 1. The number of hydrogen-bond donors (Lipinski definition) is 2. The summed E-state index contributed by atoms with van der Waals surface area (Å²) in [5.74, 6) is -0.373. The topological polar surface area (TPSA) is 64.9 Å². The first kappa shape index (κ1) is 18.7. The average Bonchev–Trinajstić information content (AvgIpc) is 2.69. The number of nitriles is 1. The molecule has 0 saturated carbocycles. The van der Waals surface area contributed by atoms with Crippen molar-refractivity contribution in [2.45, 2.75) is 45.6 Å². The molecule has 0 heterocycles. The number of fused-ring (bicyclic) bond motifs is 1. The summed E-state index contributed by atoms with van der Waals surface area (Å²) in [6.45, 7) is 3.96. The van der Waals surface area contributed by atoms with E-state index in [0.29, 0.717) is 0 Å². The van der Waals surface area contributed by atoms with E-state index in [0.717, 1.165) is 29.7 Å². The van der Waals surface area contributed by atoms with Gasteiger partial charge in [-0.3, -0.25) is 4.79 Å². The monoisotopic (exact) mass is 359 g/mol. The molecule has 1 aliphatic carbocycles. The van der Waals surface area contributed by atoms with Crippen LogP contribution in [0.1, 0.15) is 48.1 Å². The molecule has 0 aromatic heterocycles. The number of amides is 1. The van der Waals surface area contributed by atoms with Crippen molar-refractivity contribution in [3.8, 4) is 6.07 Å². The summed E-state index contributed by atoms with van der Waals surface area (Å²) in [6.07, 6.45) is 6.18. The molecular formula is C23H25N3O. The van der Waals surface area contributed by atoms with E-state index in [1.165, 1.54) is 30.2 Å². The largest absolute Gasteiger partial charge is 0.360 e. The molecule has 0 fully saturated rings. The maximum Gasteiger partial charge on any atom is 0.263 e. The van der Waals surface area contributed by atoms with Gasteiger partial charge in [-0.25, -0.2) is 0 Å². The summed E-state index contributed by atoms with van der Waals surface area (Å²) in [7, 11) is 0. The van der Waals surface area contributed by atoms with Crippen molar-refractivity contribution in [2.24, 2.45) is 0 Å². The Balaban J connectivity index is 1.66. The van der Waals surface area contributed by atoms with E-state index in [-0.39, 0.29) is 17.5 Å². The Morgan fingerprint density at radius 3 is 2.52 bits per heavy atom. The highest BCUT2D eigenvalue weighted by atomic mass is 16.1. The second kappa shape index (κ2) is 8.55. The summed E-state index contributed by atoms with van der Waals surface area (Å²) in [5, 5.41) is 15.3. The van der Waals surface area contributed by atoms with Crippen LogP contribution in [0, 0.1) is 18.3 Å². The molecule has 4 nitrogen and oxygen atoms in total. The maximum absolute atomic E-state index is 12.5. The number of anilines is 1. The second-order valence-electron chi connectivity index (χ2n) is 7.11. The van der Waals surface area contributed by atoms with Crippen LogP contribution < -0.4 is 10.6 Å². The molecule has 0 radical (unpaired) electrons. The third-order valence-corrected chi connectivity index (χ3v) is 5.02. The molecule has 2 N–H and O–H groups in total. The molecule has 0 aliphatic heterocycles. The van der Waals surface area contributed by atoms with Crippen LogP contribution in [0.15, 0.2) is 54.2 Å². The molecule has 0 spiro atoms. The molecule has 3 rings (SSSR count). The van der Waals surface area contributed by atoms with Crippen molar-refractivity contribution in [1.29, 1.82) is 5.26 Å². The highest BCUT2D eigenvalue weighted by molar-refractivity contribution is 5.97. The van der Waals surface area contributed by atoms with Gasteiger partial charge in [-0.15, -0.1) is 0 Å². The van der Waals surface area contributed by atoms with E-state index < -0.39 is 0 Å². The van der Waals surface area contributed by atoms with Crippen molar-refractivity contribution in [3.63, 3.8) is 0 Å². The predicted molar refractivity (Wildman–Crippen MR) is 108 cm³/mol. The smallest absolute Gasteiger partial charge is 0.263 e. The highest BCUT2D eigenvalue weighted by Gasteiger charge is 2.16. The van der Waals surface area contributed by atoms with E-state index in [2.05, 4.69) is 28.8 Å². The van der Waals surface area contributed by atoms with Gasteiger partial charge in [-0.05, 0) is 68.4 Å². The third-order valence-electron chi connectivity index (χ3n) is 5.02. The van der Waals surface area contributed by atoms with Crippen molar-refractivity contribution in [3.05, 3.63) is 76.5 Å². The Morgan fingerprint density at radius 1 is 1.11 bits per heavy atom. The van der Waals surface area contributed by atoms with Gasteiger partial charge in [0.25, 0.3) is 5.91 Å². The van der Waals surface area contributed by atoms with Crippen LogP contribution in [-0.4, -0.2) is 5.91 Å². The molecule has 1 amide bonds. The summed E-state index contributed by atoms with van der Waals surface area (Å²) in [6, 6.07) is 16.0. The van der Waals surface area contributed by atoms with Gasteiger partial charge in [-0.2, -0.15) is 5.26 Å². The van der Waals surface area contributed by atoms with E-state index in [4.69, 9.17) is 0 Å². The van der Waals surface area contributed by atoms with Gasteiger partial charge in [0.15, 0.2) is 0 Å². The van der Waals surface area contributed by atoms with Gasteiger partial charge < -0.3 is 10.6 Å². The number of nitrogens with one attached hydrogen (secondary N) is 2. The molecule has 138 valence electrons. The van der Waals surface area contributed by atoms with Gasteiger partial charge >= 0.3 is 0 Å². The standard InChI is InChI=1S/C23H25N3O/c1-16-7-11-22(12-8-16)25-15-21(14-24)23(27)26-17(2)19-10-9-18-5-3-4-6-20(18)13-19/h7-13,15,17,25H,3-6H2,1-2H3,(H,26,27)/b21-15-. The zero-order valence-corrected chi connectivity index (χ0v) is 15.9. The number of carbonyl (C=O) groups excluding carboxylic acids is 1. The quantitative estimate of drug-likeness (QED) is 0.607. The maximum atomic E-state index is 12.5. The Bertz CT molecular complexity index is 891. The first-order chi connectivity index (χ1) is 13.1. The van der Waals surface area contributed by atoms with Crippen LogP contribution in [0.25, 0.3) is 0 Å². The Morgan fingerprint density at radius 2 is 1.81 bits per heavy atom. The minimum atomic E-state index is -0.373. The normalized spacial score (nSPS) is 14.6. The van der Waals surface area contributed by atoms with Gasteiger partial charge in [0.05, 0.1) is 6.04 Å². The number of aryl methyl sites for hydroxylation is 3. The molecule has 0 bridgehead atoms. The van der Waals surface area contributed by atoms with Gasteiger partial charge in [0.2, 0.25) is 0 Å². The summed E-state index contributed by atoms with van der Waals surface area (Å²) < 4.78 is 0. The second-order valence-corrected chi connectivity index (χ2v) is 7.11. The lowest BCUT2D eigenvalue weighted by molar-refractivity contribution is -0.117. The molecule has 1 atom stereocenters. The zero-order chi connectivity index (χ0) is 19.2. The highest BCUT2D eigenvalue weighted by Crippen LogP contribution is 2.25. The third kappa shape index (κ3) is 4.77. The minimum absolute atomic E-state index is 0.0559. The average molecular weight is 359 g/mol. The molecule has 0 saturated heterocycles. The van der Waals surface area contributed by atoms with Gasteiger partial charge in [0, 0.05) is 11.9 Å². The van der Waals surface area contributed by atoms with Crippen molar-refractivity contribution in [1.82, 2.24) is 5.32 Å². The first-order valence-electron chi connectivity index (χ1n) is 9.43. The van der Waals surface area contributed by atoms with E-state index in [1.807, 2.05) is 44.2 Å². The van der Waals surface area contributed by atoms with Crippen LogP contribution in [0.3, 0.4) is 0 Å². The zero-order valence-electron chi connectivity index (χ0n) is 15.9. The first-order valence-corrected chi connectivity index (χ1v) is 9.43. The lowest BCUT2D eigenvalue weighted by Gasteiger charge is -2.20. The Kier molecular flexibility index (Phi) is 5.93. The van der Waals surface area contributed by atoms with Gasteiger partial charge in [0.1, 0.15) is 11.6 Å². The number of carbonyl (C=O) groups is 1. The Labute approximate surface area is 160 Å².